The van der Waals surface area contributed by atoms with Gasteiger partial charge in [0, 0.05) is 26.2 Å². The van der Waals surface area contributed by atoms with Crippen molar-refractivity contribution in [2.75, 3.05) is 51.9 Å². The number of hydrogen-bond donors (Lipinski definition) is 0. The fraction of sp³-hybridized carbons (Fsp3) is 0.333. The van der Waals surface area contributed by atoms with Crippen molar-refractivity contribution in [2.24, 2.45) is 0 Å². The molecule has 0 saturated carbocycles. The van der Waals surface area contributed by atoms with Crippen LogP contribution in [0.4, 0.5) is 5.69 Å². The molecule has 2 aromatic rings. The molecular formula is C21H24N2O5. The second-order valence-corrected chi connectivity index (χ2v) is 6.34. The van der Waals surface area contributed by atoms with Crippen LogP contribution >= 0.6 is 0 Å². The molecule has 0 N–H and O–H groups in total. The number of esters is 1. The zero-order valence-electron chi connectivity index (χ0n) is 16.1. The van der Waals surface area contributed by atoms with Gasteiger partial charge >= 0.3 is 5.97 Å². The first kappa shape index (κ1) is 19.5. The van der Waals surface area contributed by atoms with E-state index < -0.39 is 5.97 Å². The number of rotatable bonds is 6. The van der Waals surface area contributed by atoms with Crippen LogP contribution in [0.2, 0.25) is 0 Å². The van der Waals surface area contributed by atoms with Crippen LogP contribution < -0.4 is 14.4 Å². The minimum Gasteiger partial charge on any atom is -0.495 e. The van der Waals surface area contributed by atoms with Gasteiger partial charge in [-0.2, -0.15) is 0 Å². The number of anilines is 1. The van der Waals surface area contributed by atoms with E-state index in [9.17, 15) is 9.59 Å². The van der Waals surface area contributed by atoms with Gasteiger partial charge in [0.15, 0.2) is 6.61 Å². The molecular weight excluding hydrogens is 360 g/mol. The van der Waals surface area contributed by atoms with Crippen molar-refractivity contribution in [3.63, 3.8) is 0 Å². The van der Waals surface area contributed by atoms with Crippen LogP contribution in [0.1, 0.15) is 10.4 Å². The molecule has 1 heterocycles. The van der Waals surface area contributed by atoms with Gasteiger partial charge in [-0.05, 0) is 36.4 Å². The number of carbonyl (C=O) groups is 2. The number of benzene rings is 2. The maximum Gasteiger partial charge on any atom is 0.337 e. The summed E-state index contributed by atoms with van der Waals surface area (Å²) in [6.07, 6.45) is 0. The van der Waals surface area contributed by atoms with Gasteiger partial charge in [0.1, 0.15) is 11.5 Å². The van der Waals surface area contributed by atoms with Gasteiger partial charge in [0.2, 0.25) is 0 Å². The van der Waals surface area contributed by atoms with Crippen LogP contribution in [0.3, 0.4) is 0 Å². The lowest BCUT2D eigenvalue weighted by Gasteiger charge is -2.36. The Labute approximate surface area is 164 Å². The SMILES string of the molecule is COC(=O)c1ccc(OCC(=O)N2CCN(c3ccccc3OC)CC2)cc1. The van der Waals surface area contributed by atoms with E-state index in [0.717, 1.165) is 24.5 Å². The van der Waals surface area contributed by atoms with Gasteiger partial charge in [-0.25, -0.2) is 4.79 Å². The van der Waals surface area contributed by atoms with Crippen molar-refractivity contribution >= 4 is 17.6 Å². The Morgan fingerprint density at radius 3 is 2.25 bits per heavy atom. The lowest BCUT2D eigenvalue weighted by Crippen LogP contribution is -2.50. The van der Waals surface area contributed by atoms with Crippen molar-refractivity contribution in [3.8, 4) is 11.5 Å². The van der Waals surface area contributed by atoms with Crippen LogP contribution in [-0.4, -0.2) is 63.8 Å². The topological polar surface area (TPSA) is 68.3 Å². The van der Waals surface area contributed by atoms with Gasteiger partial charge in [-0.3, -0.25) is 4.79 Å². The lowest BCUT2D eigenvalue weighted by molar-refractivity contribution is -0.133. The number of nitrogens with zero attached hydrogens (tertiary/aromatic N) is 2. The quantitative estimate of drug-likeness (QED) is 0.712. The van der Waals surface area contributed by atoms with Crippen LogP contribution in [0.15, 0.2) is 48.5 Å². The first-order valence-electron chi connectivity index (χ1n) is 9.09. The summed E-state index contributed by atoms with van der Waals surface area (Å²) in [5, 5.41) is 0. The lowest BCUT2D eigenvalue weighted by atomic mass is 10.2. The van der Waals surface area contributed by atoms with E-state index in [0.29, 0.717) is 24.4 Å². The molecule has 1 amide bonds. The molecule has 1 aliphatic rings. The van der Waals surface area contributed by atoms with Gasteiger partial charge in [-0.15, -0.1) is 0 Å². The molecule has 0 bridgehead atoms. The van der Waals surface area contributed by atoms with E-state index in [1.165, 1.54) is 7.11 Å². The largest absolute Gasteiger partial charge is 0.495 e. The molecule has 1 aliphatic heterocycles. The minimum absolute atomic E-state index is 0.0355. The third kappa shape index (κ3) is 4.54. The molecule has 148 valence electrons. The van der Waals surface area contributed by atoms with Crippen molar-refractivity contribution in [1.82, 2.24) is 4.90 Å². The molecule has 0 unspecified atom stereocenters. The van der Waals surface area contributed by atoms with Crippen molar-refractivity contribution in [2.45, 2.75) is 0 Å². The van der Waals surface area contributed by atoms with Crippen LogP contribution in [0, 0.1) is 0 Å². The summed E-state index contributed by atoms with van der Waals surface area (Å²) in [5.41, 5.74) is 1.48. The number of carbonyl (C=O) groups excluding carboxylic acids is 2. The predicted octanol–water partition coefficient (Wildman–Crippen LogP) is 2.21. The number of ether oxygens (including phenoxy) is 3. The summed E-state index contributed by atoms with van der Waals surface area (Å²) in [7, 11) is 2.99. The monoisotopic (exact) mass is 384 g/mol. The average molecular weight is 384 g/mol. The Kier molecular flexibility index (Phi) is 6.37. The number of hydrogen-bond acceptors (Lipinski definition) is 6. The van der Waals surface area contributed by atoms with Gasteiger partial charge in [-0.1, -0.05) is 12.1 Å². The highest BCUT2D eigenvalue weighted by atomic mass is 16.5. The molecule has 1 fully saturated rings. The van der Waals surface area contributed by atoms with Gasteiger partial charge in [0.05, 0.1) is 25.5 Å². The van der Waals surface area contributed by atoms with E-state index in [4.69, 9.17) is 9.47 Å². The second-order valence-electron chi connectivity index (χ2n) is 6.34. The minimum atomic E-state index is -0.407. The molecule has 0 aromatic heterocycles. The van der Waals surface area contributed by atoms with E-state index in [1.54, 1.807) is 36.3 Å². The highest BCUT2D eigenvalue weighted by Gasteiger charge is 2.23. The van der Waals surface area contributed by atoms with Crippen LogP contribution in [0.25, 0.3) is 0 Å². The number of amides is 1. The van der Waals surface area contributed by atoms with E-state index in [1.807, 2.05) is 24.3 Å². The first-order valence-corrected chi connectivity index (χ1v) is 9.09. The average Bonchev–Trinajstić information content (AvgIpc) is 2.77. The molecule has 7 heteroatoms. The number of piperazine rings is 1. The third-order valence-electron chi connectivity index (χ3n) is 4.70. The summed E-state index contributed by atoms with van der Waals surface area (Å²) >= 11 is 0. The summed E-state index contributed by atoms with van der Waals surface area (Å²) in [6.45, 7) is 2.69. The first-order chi connectivity index (χ1) is 13.6. The second kappa shape index (κ2) is 9.12. The predicted molar refractivity (Wildman–Crippen MR) is 105 cm³/mol. The summed E-state index contributed by atoms with van der Waals surface area (Å²) < 4.78 is 15.6. The zero-order chi connectivity index (χ0) is 19.9. The standard InChI is InChI=1S/C21H24N2O5/c1-26-19-6-4-3-5-18(19)22-11-13-23(14-12-22)20(24)15-28-17-9-7-16(8-10-17)21(25)27-2/h3-10H,11-15H2,1-2H3. The van der Waals surface area contributed by atoms with Crippen molar-refractivity contribution in [1.29, 1.82) is 0 Å². The van der Waals surface area contributed by atoms with E-state index in [2.05, 4.69) is 9.64 Å². The fourth-order valence-corrected chi connectivity index (χ4v) is 3.13. The third-order valence-corrected chi connectivity index (χ3v) is 4.70. The maximum absolute atomic E-state index is 12.4. The summed E-state index contributed by atoms with van der Waals surface area (Å²) in [6, 6.07) is 14.4. The number of methoxy groups -OCH3 is 2. The van der Waals surface area contributed by atoms with E-state index in [-0.39, 0.29) is 12.5 Å². The molecule has 28 heavy (non-hydrogen) atoms. The van der Waals surface area contributed by atoms with Crippen LogP contribution in [-0.2, 0) is 9.53 Å². The Morgan fingerprint density at radius 2 is 1.61 bits per heavy atom. The highest BCUT2D eigenvalue weighted by Crippen LogP contribution is 2.28. The Morgan fingerprint density at radius 1 is 0.929 bits per heavy atom. The molecule has 0 radical (unpaired) electrons. The highest BCUT2D eigenvalue weighted by molar-refractivity contribution is 5.89. The molecule has 0 spiro atoms. The summed E-state index contributed by atoms with van der Waals surface area (Å²) in [5.74, 6) is 0.905. The Hall–Kier alpha value is -3.22. The molecule has 2 aromatic carbocycles. The zero-order valence-corrected chi connectivity index (χ0v) is 16.1. The molecule has 0 atom stereocenters. The normalized spacial score (nSPS) is 13.8. The van der Waals surface area contributed by atoms with Crippen LogP contribution in [0.5, 0.6) is 11.5 Å². The molecule has 3 rings (SSSR count). The fourth-order valence-electron chi connectivity index (χ4n) is 3.13. The Bertz CT molecular complexity index is 814. The van der Waals surface area contributed by atoms with Gasteiger partial charge in [0.25, 0.3) is 5.91 Å². The molecule has 1 saturated heterocycles. The van der Waals surface area contributed by atoms with Crippen molar-refractivity contribution in [3.05, 3.63) is 54.1 Å². The molecule has 7 nitrogen and oxygen atoms in total. The van der Waals surface area contributed by atoms with E-state index >= 15 is 0 Å². The van der Waals surface area contributed by atoms with Gasteiger partial charge < -0.3 is 24.0 Å². The van der Waals surface area contributed by atoms with Crippen molar-refractivity contribution < 1.29 is 23.8 Å². The molecule has 0 aliphatic carbocycles. The summed E-state index contributed by atoms with van der Waals surface area (Å²) in [4.78, 5) is 27.9. The smallest absolute Gasteiger partial charge is 0.337 e. The maximum atomic E-state index is 12.4. The Balaban J connectivity index is 1.49. The number of para-hydroxylation sites is 2.